The van der Waals surface area contributed by atoms with Crippen molar-refractivity contribution in [1.82, 2.24) is 9.88 Å². The SMILES string of the molecule is CCN(Cc1ccncc1)C(=O)Nc1ccc(F)c(Cl)c1. The summed E-state index contributed by atoms with van der Waals surface area (Å²) in [5, 5.41) is 2.68. The van der Waals surface area contributed by atoms with Gasteiger partial charge in [0.1, 0.15) is 5.82 Å². The molecule has 1 heterocycles. The van der Waals surface area contributed by atoms with E-state index in [0.29, 0.717) is 18.8 Å². The molecule has 4 nitrogen and oxygen atoms in total. The topological polar surface area (TPSA) is 45.2 Å². The molecule has 0 unspecified atom stereocenters. The van der Waals surface area contributed by atoms with E-state index in [1.54, 1.807) is 17.3 Å². The number of aromatic nitrogens is 1. The maximum atomic E-state index is 13.1. The average Bonchev–Trinajstić information content (AvgIpc) is 2.49. The van der Waals surface area contributed by atoms with Crippen molar-refractivity contribution < 1.29 is 9.18 Å². The van der Waals surface area contributed by atoms with Crippen LogP contribution in [0.2, 0.25) is 5.02 Å². The van der Waals surface area contributed by atoms with Gasteiger partial charge in [-0.05, 0) is 42.8 Å². The number of halogens is 2. The molecular formula is C15H15ClFN3O. The molecule has 0 radical (unpaired) electrons. The second-order valence-electron chi connectivity index (χ2n) is 4.43. The van der Waals surface area contributed by atoms with E-state index >= 15 is 0 Å². The predicted octanol–water partition coefficient (Wildman–Crippen LogP) is 3.93. The quantitative estimate of drug-likeness (QED) is 0.930. The van der Waals surface area contributed by atoms with E-state index in [4.69, 9.17) is 11.6 Å². The minimum Gasteiger partial charge on any atom is -0.320 e. The Balaban J connectivity index is 2.04. The van der Waals surface area contributed by atoms with Crippen molar-refractivity contribution in [2.24, 2.45) is 0 Å². The van der Waals surface area contributed by atoms with Gasteiger partial charge in [0.05, 0.1) is 5.02 Å². The lowest BCUT2D eigenvalue weighted by atomic mass is 10.2. The summed E-state index contributed by atoms with van der Waals surface area (Å²) in [5.41, 5.74) is 1.44. The fourth-order valence-electron chi connectivity index (χ4n) is 1.81. The van der Waals surface area contributed by atoms with Gasteiger partial charge in [-0.2, -0.15) is 0 Å². The van der Waals surface area contributed by atoms with Crippen LogP contribution in [0.25, 0.3) is 0 Å². The Hall–Kier alpha value is -2.14. The van der Waals surface area contributed by atoms with Crippen molar-refractivity contribution >= 4 is 23.3 Å². The normalized spacial score (nSPS) is 10.2. The number of rotatable bonds is 4. The number of carbonyl (C=O) groups is 1. The third kappa shape index (κ3) is 4.16. The lowest BCUT2D eigenvalue weighted by Gasteiger charge is -2.21. The van der Waals surface area contributed by atoms with Crippen LogP contribution in [0.1, 0.15) is 12.5 Å². The first kappa shape index (κ1) is 15.3. The Labute approximate surface area is 127 Å². The number of urea groups is 1. The number of anilines is 1. The van der Waals surface area contributed by atoms with Crippen LogP contribution in [-0.4, -0.2) is 22.5 Å². The molecule has 0 fully saturated rings. The Bertz CT molecular complexity index is 622. The van der Waals surface area contributed by atoms with E-state index in [1.807, 2.05) is 19.1 Å². The summed E-state index contributed by atoms with van der Waals surface area (Å²) in [6.07, 6.45) is 3.36. The molecule has 0 aliphatic carbocycles. The van der Waals surface area contributed by atoms with Gasteiger partial charge in [0.2, 0.25) is 0 Å². The summed E-state index contributed by atoms with van der Waals surface area (Å²) < 4.78 is 13.1. The van der Waals surface area contributed by atoms with Crippen LogP contribution < -0.4 is 5.32 Å². The monoisotopic (exact) mass is 307 g/mol. The number of benzene rings is 1. The van der Waals surface area contributed by atoms with Gasteiger partial charge in [-0.25, -0.2) is 9.18 Å². The first-order valence-electron chi connectivity index (χ1n) is 6.50. The molecule has 1 N–H and O–H groups in total. The summed E-state index contributed by atoms with van der Waals surface area (Å²) in [6, 6.07) is 7.51. The fraction of sp³-hybridized carbons (Fsp3) is 0.200. The van der Waals surface area contributed by atoms with Crippen molar-refractivity contribution in [2.75, 3.05) is 11.9 Å². The zero-order valence-electron chi connectivity index (χ0n) is 11.5. The smallest absolute Gasteiger partial charge is 0.320 e. The molecule has 2 rings (SSSR count). The highest BCUT2D eigenvalue weighted by molar-refractivity contribution is 6.31. The van der Waals surface area contributed by atoms with Gasteiger partial charge >= 0.3 is 6.03 Å². The zero-order chi connectivity index (χ0) is 15.2. The molecule has 0 spiro atoms. The highest BCUT2D eigenvalue weighted by Gasteiger charge is 2.13. The maximum absolute atomic E-state index is 13.1. The minimum absolute atomic E-state index is 0.0232. The van der Waals surface area contributed by atoms with Crippen LogP contribution in [0, 0.1) is 5.82 Å². The van der Waals surface area contributed by atoms with E-state index in [9.17, 15) is 9.18 Å². The van der Waals surface area contributed by atoms with E-state index in [2.05, 4.69) is 10.3 Å². The van der Waals surface area contributed by atoms with Crippen molar-refractivity contribution in [2.45, 2.75) is 13.5 Å². The molecule has 0 bridgehead atoms. The molecule has 0 saturated carbocycles. The highest BCUT2D eigenvalue weighted by Crippen LogP contribution is 2.19. The van der Waals surface area contributed by atoms with Crippen LogP contribution in [0.15, 0.2) is 42.7 Å². The summed E-state index contributed by atoms with van der Waals surface area (Å²) >= 11 is 5.69. The lowest BCUT2D eigenvalue weighted by molar-refractivity contribution is 0.212. The number of hydrogen-bond donors (Lipinski definition) is 1. The summed E-state index contributed by atoms with van der Waals surface area (Å²) in [7, 11) is 0. The summed E-state index contributed by atoms with van der Waals surface area (Å²) in [6.45, 7) is 2.90. The van der Waals surface area contributed by atoms with Crippen LogP contribution in [0.3, 0.4) is 0 Å². The predicted molar refractivity (Wildman–Crippen MR) is 80.7 cm³/mol. The maximum Gasteiger partial charge on any atom is 0.322 e. The average molecular weight is 308 g/mol. The Kier molecular flexibility index (Phi) is 5.11. The van der Waals surface area contributed by atoms with Crippen molar-refractivity contribution in [3.63, 3.8) is 0 Å². The molecule has 0 aliphatic rings. The number of pyridine rings is 1. The molecule has 0 atom stereocenters. The fourth-order valence-corrected chi connectivity index (χ4v) is 1.99. The lowest BCUT2D eigenvalue weighted by Crippen LogP contribution is -2.34. The second-order valence-corrected chi connectivity index (χ2v) is 4.84. The number of amides is 2. The van der Waals surface area contributed by atoms with E-state index in [1.165, 1.54) is 18.2 Å². The van der Waals surface area contributed by atoms with Gasteiger partial charge in [0, 0.05) is 31.2 Å². The third-order valence-corrected chi connectivity index (χ3v) is 3.25. The van der Waals surface area contributed by atoms with Crippen LogP contribution in [0.4, 0.5) is 14.9 Å². The van der Waals surface area contributed by atoms with Crippen LogP contribution in [0.5, 0.6) is 0 Å². The second kappa shape index (κ2) is 7.04. The molecule has 2 amide bonds. The van der Waals surface area contributed by atoms with E-state index < -0.39 is 5.82 Å². The van der Waals surface area contributed by atoms with E-state index in [0.717, 1.165) is 5.56 Å². The highest BCUT2D eigenvalue weighted by atomic mass is 35.5. The largest absolute Gasteiger partial charge is 0.322 e. The number of nitrogens with one attached hydrogen (secondary N) is 1. The Morgan fingerprint density at radius 3 is 2.67 bits per heavy atom. The Morgan fingerprint density at radius 1 is 1.33 bits per heavy atom. The first-order chi connectivity index (χ1) is 10.1. The van der Waals surface area contributed by atoms with Crippen LogP contribution in [-0.2, 0) is 6.54 Å². The number of carbonyl (C=O) groups excluding carboxylic acids is 1. The molecule has 0 saturated heterocycles. The van der Waals surface area contributed by atoms with Gasteiger partial charge in [0.15, 0.2) is 0 Å². The molecular weight excluding hydrogens is 293 g/mol. The van der Waals surface area contributed by atoms with Crippen molar-refractivity contribution in [3.05, 3.63) is 59.1 Å². The molecule has 6 heteroatoms. The third-order valence-electron chi connectivity index (χ3n) is 2.96. The minimum atomic E-state index is -0.515. The van der Waals surface area contributed by atoms with Gasteiger partial charge in [-0.15, -0.1) is 0 Å². The molecule has 1 aromatic carbocycles. The van der Waals surface area contributed by atoms with Gasteiger partial charge in [-0.1, -0.05) is 11.6 Å². The number of nitrogens with zero attached hydrogens (tertiary/aromatic N) is 2. The molecule has 21 heavy (non-hydrogen) atoms. The van der Waals surface area contributed by atoms with E-state index in [-0.39, 0.29) is 11.1 Å². The molecule has 2 aromatic rings. The summed E-state index contributed by atoms with van der Waals surface area (Å²) in [5.74, 6) is -0.515. The Morgan fingerprint density at radius 2 is 2.05 bits per heavy atom. The van der Waals surface area contributed by atoms with Crippen molar-refractivity contribution in [3.8, 4) is 0 Å². The van der Waals surface area contributed by atoms with Gasteiger partial charge < -0.3 is 10.2 Å². The molecule has 110 valence electrons. The first-order valence-corrected chi connectivity index (χ1v) is 6.88. The standard InChI is InChI=1S/C15H15ClFN3O/c1-2-20(10-11-5-7-18-8-6-11)15(21)19-12-3-4-14(17)13(16)9-12/h3-9H,2,10H2,1H3,(H,19,21). The van der Waals surface area contributed by atoms with Crippen LogP contribution >= 0.6 is 11.6 Å². The van der Waals surface area contributed by atoms with Gasteiger partial charge in [0.25, 0.3) is 0 Å². The number of hydrogen-bond acceptors (Lipinski definition) is 2. The molecule has 1 aromatic heterocycles. The molecule has 0 aliphatic heterocycles. The van der Waals surface area contributed by atoms with Crippen molar-refractivity contribution in [1.29, 1.82) is 0 Å². The summed E-state index contributed by atoms with van der Waals surface area (Å²) in [4.78, 5) is 17.8. The van der Waals surface area contributed by atoms with Gasteiger partial charge in [-0.3, -0.25) is 4.98 Å². The zero-order valence-corrected chi connectivity index (χ0v) is 12.3.